The summed E-state index contributed by atoms with van der Waals surface area (Å²) in [6, 6.07) is 13.2. The minimum atomic E-state index is -5.27. The van der Waals surface area contributed by atoms with Crippen molar-refractivity contribution in [2.45, 2.75) is 42.5 Å². The summed E-state index contributed by atoms with van der Waals surface area (Å²) in [6.45, 7) is -0.204. The first-order valence-electron chi connectivity index (χ1n) is 14.2. The van der Waals surface area contributed by atoms with Crippen molar-refractivity contribution in [3.8, 4) is 17.2 Å². The van der Waals surface area contributed by atoms with E-state index in [-0.39, 0.29) is 51.8 Å². The van der Waals surface area contributed by atoms with E-state index in [1.54, 1.807) is 31.3 Å². The second kappa shape index (κ2) is 12.6. The highest BCUT2D eigenvalue weighted by atomic mass is 35.5. The van der Waals surface area contributed by atoms with E-state index < -0.39 is 38.5 Å². The predicted molar refractivity (Wildman–Crippen MR) is 162 cm³/mol. The first-order chi connectivity index (χ1) is 21.7. The fraction of sp³-hybridized carbons (Fsp3) is 0.355. The molecule has 1 heterocycles. The molecule has 2 amide bonds. The van der Waals surface area contributed by atoms with Crippen LogP contribution < -0.4 is 23.8 Å². The highest BCUT2D eigenvalue weighted by molar-refractivity contribution is 7.93. The summed E-state index contributed by atoms with van der Waals surface area (Å²) in [5, 5.41) is 3.27. The molecule has 0 bridgehead atoms. The molecule has 2 aliphatic rings. The van der Waals surface area contributed by atoms with Crippen molar-refractivity contribution in [3.05, 3.63) is 76.8 Å². The fourth-order valence-electron chi connectivity index (χ4n) is 6.01. The molecule has 0 spiro atoms. The minimum Gasteiger partial charge on any atom is -0.497 e. The number of nitrogens with one attached hydrogen (secondary N) is 1. The summed E-state index contributed by atoms with van der Waals surface area (Å²) in [6.07, 6.45) is -1.96. The van der Waals surface area contributed by atoms with Gasteiger partial charge in [-0.1, -0.05) is 42.6 Å². The second-order valence-corrected chi connectivity index (χ2v) is 13.1. The van der Waals surface area contributed by atoms with E-state index in [1.807, 2.05) is 0 Å². The number of carbonyl (C=O) groups excluding carboxylic acids is 2. The fourth-order valence-corrected chi connectivity index (χ4v) is 7.75. The van der Waals surface area contributed by atoms with Gasteiger partial charge in [-0.3, -0.25) is 14.9 Å². The van der Waals surface area contributed by atoms with Crippen molar-refractivity contribution in [1.29, 1.82) is 0 Å². The normalized spacial score (nSPS) is 18.4. The molecule has 0 radical (unpaired) electrons. The number of amides is 2. The minimum absolute atomic E-state index is 0.0755. The average Bonchev–Trinajstić information content (AvgIpc) is 3.64. The van der Waals surface area contributed by atoms with Gasteiger partial charge in [-0.05, 0) is 49.2 Å². The van der Waals surface area contributed by atoms with Gasteiger partial charge in [-0.15, -0.1) is 13.2 Å². The number of benzene rings is 3. The van der Waals surface area contributed by atoms with Gasteiger partial charge < -0.3 is 19.1 Å². The lowest BCUT2D eigenvalue weighted by molar-refractivity contribution is -0.275. The summed E-state index contributed by atoms with van der Waals surface area (Å²) in [5.74, 6) is -2.44. The molecular formula is C31H31ClF3N3O7S. The maximum Gasteiger partial charge on any atom is 0.573 e. The van der Waals surface area contributed by atoms with E-state index in [9.17, 15) is 31.2 Å². The number of hydrogen-bond acceptors (Lipinski definition) is 8. The number of rotatable bonds is 10. The zero-order valence-electron chi connectivity index (χ0n) is 25.1. The second-order valence-electron chi connectivity index (χ2n) is 10.9. The summed E-state index contributed by atoms with van der Waals surface area (Å²) >= 11 is 6.41. The van der Waals surface area contributed by atoms with Gasteiger partial charge in [0.25, 0.3) is 15.9 Å². The number of anilines is 1. The monoisotopic (exact) mass is 681 g/mol. The summed E-state index contributed by atoms with van der Waals surface area (Å²) in [5.41, 5.74) is -1.94. The lowest BCUT2D eigenvalue weighted by Gasteiger charge is -2.34. The van der Waals surface area contributed by atoms with Crippen molar-refractivity contribution >= 4 is 39.1 Å². The average molecular weight is 682 g/mol. The van der Waals surface area contributed by atoms with Crippen LogP contribution in [0.5, 0.6) is 17.2 Å². The zero-order valence-corrected chi connectivity index (χ0v) is 26.6. The smallest absolute Gasteiger partial charge is 0.497 e. The summed E-state index contributed by atoms with van der Waals surface area (Å²) in [7, 11) is -0.991. The van der Waals surface area contributed by atoms with Crippen molar-refractivity contribution in [3.63, 3.8) is 0 Å². The van der Waals surface area contributed by atoms with Gasteiger partial charge >= 0.3 is 6.36 Å². The molecule has 1 saturated carbocycles. The van der Waals surface area contributed by atoms with Crippen LogP contribution in [0.3, 0.4) is 0 Å². The Morgan fingerprint density at radius 2 is 1.72 bits per heavy atom. The van der Waals surface area contributed by atoms with Crippen LogP contribution in [0.15, 0.2) is 65.6 Å². The third-order valence-electron chi connectivity index (χ3n) is 8.15. The van der Waals surface area contributed by atoms with Gasteiger partial charge in [-0.2, -0.15) is 0 Å². The quantitative estimate of drug-likeness (QED) is 0.282. The van der Waals surface area contributed by atoms with Gasteiger partial charge in [0.2, 0.25) is 5.91 Å². The number of carbonyl (C=O) groups is 2. The Balaban J connectivity index is 1.70. The zero-order chi connectivity index (χ0) is 33.4. The molecular weight excluding hydrogens is 651 g/mol. The predicted octanol–water partition coefficient (Wildman–Crippen LogP) is 5.43. The Kier molecular flexibility index (Phi) is 9.17. The summed E-state index contributed by atoms with van der Waals surface area (Å²) in [4.78, 5) is 28.6. The molecule has 1 aliphatic heterocycles. The molecule has 1 fully saturated rings. The molecule has 10 nitrogen and oxygen atoms in total. The Labute approximate surface area is 269 Å². The van der Waals surface area contributed by atoms with Crippen LogP contribution in [0.1, 0.15) is 36.8 Å². The topological polar surface area (TPSA) is 114 Å². The molecule has 246 valence electrons. The van der Waals surface area contributed by atoms with Crippen LogP contribution in [0.2, 0.25) is 5.02 Å². The van der Waals surface area contributed by atoms with Gasteiger partial charge in [-0.25, -0.2) is 12.7 Å². The van der Waals surface area contributed by atoms with Crippen molar-refractivity contribution in [1.82, 2.24) is 10.2 Å². The maximum atomic E-state index is 14.8. The molecule has 3 aromatic carbocycles. The third kappa shape index (κ3) is 5.96. The van der Waals surface area contributed by atoms with Gasteiger partial charge in [0.05, 0.1) is 26.6 Å². The standard InChI is InChI=1S/C31H31ClF3N3O7S/c1-37(28(39)19-8-4-5-9-19)18-36-30(22-10-6-7-11-25(22)44-3)23-16-20(32)12-14-24(23)38(29(30)40)46(41,42)27-15-13-21(43-2)17-26(27)45-31(33,34)35/h6-7,10-17,19,36H,4-5,8-9,18H2,1-3H3. The summed E-state index contributed by atoms with van der Waals surface area (Å²) < 4.78 is 84.2. The van der Waals surface area contributed by atoms with E-state index in [1.165, 1.54) is 37.3 Å². The van der Waals surface area contributed by atoms with Crippen LogP contribution in [0, 0.1) is 5.92 Å². The van der Waals surface area contributed by atoms with E-state index in [4.69, 9.17) is 21.1 Å². The molecule has 1 unspecified atom stereocenters. The number of halogens is 4. The van der Waals surface area contributed by atoms with E-state index in [2.05, 4.69) is 10.1 Å². The number of fused-ring (bicyclic) bond motifs is 1. The Morgan fingerprint density at radius 1 is 1.02 bits per heavy atom. The molecule has 0 saturated heterocycles. The number of nitrogens with zero attached hydrogens (tertiary/aromatic N) is 2. The Hall–Kier alpha value is -4.01. The molecule has 3 aromatic rings. The number of hydrogen-bond donors (Lipinski definition) is 1. The number of ether oxygens (including phenoxy) is 3. The van der Waals surface area contributed by atoms with Gasteiger partial charge in [0.15, 0.2) is 11.3 Å². The van der Waals surface area contributed by atoms with Crippen molar-refractivity contribution in [2.24, 2.45) is 5.92 Å². The first kappa shape index (κ1) is 33.4. The third-order valence-corrected chi connectivity index (χ3v) is 10.1. The molecule has 1 N–H and O–H groups in total. The van der Waals surface area contributed by atoms with Crippen LogP contribution in [-0.4, -0.2) is 59.4 Å². The van der Waals surface area contributed by atoms with E-state index in [0.717, 1.165) is 43.9 Å². The molecule has 1 aliphatic carbocycles. The number of sulfonamides is 1. The van der Waals surface area contributed by atoms with Crippen LogP contribution >= 0.6 is 11.6 Å². The number of methoxy groups -OCH3 is 2. The highest BCUT2D eigenvalue weighted by Crippen LogP contribution is 2.50. The van der Waals surface area contributed by atoms with Crippen LogP contribution in [0.25, 0.3) is 0 Å². The van der Waals surface area contributed by atoms with E-state index in [0.29, 0.717) is 4.31 Å². The Morgan fingerprint density at radius 3 is 2.37 bits per heavy atom. The lowest BCUT2D eigenvalue weighted by atomic mass is 9.83. The molecule has 1 atom stereocenters. The maximum absolute atomic E-state index is 14.8. The molecule has 46 heavy (non-hydrogen) atoms. The lowest BCUT2D eigenvalue weighted by Crippen LogP contribution is -2.56. The molecule has 5 rings (SSSR count). The van der Waals surface area contributed by atoms with Crippen LogP contribution in [0.4, 0.5) is 18.9 Å². The van der Waals surface area contributed by atoms with Gasteiger partial charge in [0, 0.05) is 35.2 Å². The SMILES string of the molecule is COc1ccc(S(=O)(=O)N2C(=O)C(NCN(C)C(=O)C3CCCC3)(c3ccccc3OC)c3cc(Cl)ccc32)c(OC(F)(F)F)c1. The first-order valence-corrected chi connectivity index (χ1v) is 16.0. The van der Waals surface area contributed by atoms with Crippen LogP contribution in [-0.2, 0) is 25.2 Å². The highest BCUT2D eigenvalue weighted by Gasteiger charge is 2.58. The molecule has 15 heteroatoms. The largest absolute Gasteiger partial charge is 0.573 e. The van der Waals surface area contributed by atoms with E-state index >= 15 is 0 Å². The molecule has 0 aromatic heterocycles. The van der Waals surface area contributed by atoms with Crippen molar-refractivity contribution < 1.29 is 45.4 Å². The number of para-hydroxylation sites is 1. The van der Waals surface area contributed by atoms with Crippen molar-refractivity contribution in [2.75, 3.05) is 32.2 Å². The Bertz CT molecular complexity index is 1770. The number of alkyl halides is 3. The van der Waals surface area contributed by atoms with Gasteiger partial charge in [0.1, 0.15) is 16.4 Å².